The zero-order valence-corrected chi connectivity index (χ0v) is 19.9. The Morgan fingerprint density at radius 3 is 2.29 bits per heavy atom. The molecule has 1 aromatic heterocycles. The average molecular weight is 463 g/mol. The molecule has 0 N–H and O–H groups in total. The summed E-state index contributed by atoms with van der Waals surface area (Å²) in [5, 5.41) is 2.75. The molecule has 3 aromatic carbocycles. The largest absolute Gasteiger partial charge is 0.135 e. The van der Waals surface area contributed by atoms with E-state index < -0.39 is 0 Å². The number of hydrogen-bond donors (Lipinski definition) is 0. The monoisotopic (exact) mass is 462 g/mol. The molecule has 1 heteroatoms. The van der Waals surface area contributed by atoms with Crippen LogP contribution in [0.25, 0.3) is 31.3 Å². The van der Waals surface area contributed by atoms with Crippen LogP contribution in [0.4, 0.5) is 0 Å². The zero-order chi connectivity index (χ0) is 22.9. The number of benzene rings is 3. The predicted octanol–water partition coefficient (Wildman–Crippen LogP) is 9.07. The standard InChI is InChI=1S/C34H22S/c1-2-7-21(8-3-1)24-17-13-22-16-20-28-25(18-14-23-15-19-27(24)32(22)33(23)28)26-10-6-12-31-34(26)29-9-4-5-11-30(29)35-31/h1-20,32-33H. The molecule has 0 aliphatic heterocycles. The molecule has 0 spiro atoms. The van der Waals surface area contributed by atoms with Crippen molar-refractivity contribution in [1.82, 2.24) is 0 Å². The summed E-state index contributed by atoms with van der Waals surface area (Å²) in [6, 6.07) is 26.5. The fourth-order valence-electron chi connectivity index (χ4n) is 6.40. The van der Waals surface area contributed by atoms with Gasteiger partial charge in [-0.2, -0.15) is 0 Å². The van der Waals surface area contributed by atoms with Crippen molar-refractivity contribution < 1.29 is 0 Å². The highest BCUT2D eigenvalue weighted by Crippen LogP contribution is 2.54. The average Bonchev–Trinajstić information content (AvgIpc) is 3.31. The van der Waals surface area contributed by atoms with E-state index in [1.165, 1.54) is 64.7 Å². The molecule has 0 nitrogen and oxygen atoms in total. The number of thiophene rings is 1. The molecule has 4 aliphatic carbocycles. The maximum Gasteiger partial charge on any atom is 0.0361 e. The molecule has 0 bridgehead atoms. The topological polar surface area (TPSA) is 0 Å². The molecular formula is C34H22S. The molecule has 8 rings (SSSR count). The normalized spacial score (nSPS) is 22.1. The van der Waals surface area contributed by atoms with Crippen LogP contribution >= 0.6 is 11.3 Å². The van der Waals surface area contributed by atoms with Gasteiger partial charge in [0.05, 0.1) is 0 Å². The third-order valence-electron chi connectivity index (χ3n) is 7.92. The second kappa shape index (κ2) is 7.28. The fourth-order valence-corrected chi connectivity index (χ4v) is 7.53. The zero-order valence-electron chi connectivity index (χ0n) is 19.1. The molecule has 2 atom stereocenters. The van der Waals surface area contributed by atoms with Gasteiger partial charge >= 0.3 is 0 Å². The van der Waals surface area contributed by atoms with Crippen LogP contribution in [0.2, 0.25) is 0 Å². The Hall–Kier alpha value is -3.94. The lowest BCUT2D eigenvalue weighted by atomic mass is 9.61. The van der Waals surface area contributed by atoms with Gasteiger partial charge in [-0.3, -0.25) is 0 Å². The second-order valence-electron chi connectivity index (χ2n) is 9.67. The van der Waals surface area contributed by atoms with Crippen LogP contribution in [0.15, 0.2) is 144 Å². The molecular weight excluding hydrogens is 440 g/mol. The number of rotatable bonds is 2. The van der Waals surface area contributed by atoms with E-state index in [4.69, 9.17) is 0 Å². The van der Waals surface area contributed by atoms with Crippen molar-refractivity contribution in [3.8, 4) is 0 Å². The lowest BCUT2D eigenvalue weighted by Crippen LogP contribution is -2.30. The second-order valence-corrected chi connectivity index (χ2v) is 10.8. The van der Waals surface area contributed by atoms with E-state index in [2.05, 4.69) is 121 Å². The van der Waals surface area contributed by atoms with Crippen molar-refractivity contribution in [2.24, 2.45) is 11.8 Å². The molecule has 164 valence electrons. The molecule has 0 amide bonds. The maximum atomic E-state index is 2.39. The van der Waals surface area contributed by atoms with Gasteiger partial charge in [-0.05, 0) is 56.7 Å². The molecule has 0 fully saturated rings. The minimum atomic E-state index is 0.360. The third-order valence-corrected chi connectivity index (χ3v) is 9.05. The van der Waals surface area contributed by atoms with Crippen LogP contribution in [-0.2, 0) is 0 Å². The summed E-state index contributed by atoms with van der Waals surface area (Å²) in [4.78, 5) is 0. The van der Waals surface area contributed by atoms with Gasteiger partial charge in [-0.25, -0.2) is 0 Å². The Balaban J connectivity index is 1.34. The first kappa shape index (κ1) is 19.4. The lowest BCUT2D eigenvalue weighted by Gasteiger charge is -2.42. The Morgan fingerprint density at radius 1 is 0.571 bits per heavy atom. The summed E-state index contributed by atoms with van der Waals surface area (Å²) in [7, 11) is 0. The molecule has 35 heavy (non-hydrogen) atoms. The van der Waals surface area contributed by atoms with E-state index in [9.17, 15) is 0 Å². The molecule has 0 radical (unpaired) electrons. The van der Waals surface area contributed by atoms with E-state index in [1.54, 1.807) is 0 Å². The minimum absolute atomic E-state index is 0.360. The van der Waals surface area contributed by atoms with Gasteiger partial charge in [-0.15, -0.1) is 11.3 Å². The Labute approximate surface area is 208 Å². The highest BCUT2D eigenvalue weighted by molar-refractivity contribution is 7.25. The van der Waals surface area contributed by atoms with Crippen LogP contribution in [-0.4, -0.2) is 0 Å². The summed E-state index contributed by atoms with van der Waals surface area (Å²) < 4.78 is 2.72. The highest BCUT2D eigenvalue weighted by atomic mass is 32.1. The number of allylic oxidation sites excluding steroid dienone is 14. The highest BCUT2D eigenvalue weighted by Gasteiger charge is 2.40. The van der Waals surface area contributed by atoms with Crippen LogP contribution in [0.1, 0.15) is 11.1 Å². The first-order chi connectivity index (χ1) is 17.4. The molecule has 1 heterocycles. The lowest BCUT2D eigenvalue weighted by molar-refractivity contribution is 0.569. The molecule has 2 unspecified atom stereocenters. The van der Waals surface area contributed by atoms with Crippen molar-refractivity contribution in [2.45, 2.75) is 0 Å². The predicted molar refractivity (Wildman–Crippen MR) is 150 cm³/mol. The first-order valence-corrected chi connectivity index (χ1v) is 13.1. The number of fused-ring (bicyclic) bond motifs is 3. The quantitative estimate of drug-likeness (QED) is 0.279. The number of hydrogen-bond acceptors (Lipinski definition) is 1. The molecule has 0 saturated carbocycles. The molecule has 4 aliphatic rings. The molecule has 0 saturated heterocycles. The van der Waals surface area contributed by atoms with E-state index in [1.807, 2.05) is 11.3 Å². The van der Waals surface area contributed by atoms with Crippen molar-refractivity contribution in [1.29, 1.82) is 0 Å². The summed E-state index contributed by atoms with van der Waals surface area (Å²) in [6.07, 6.45) is 18.8. The van der Waals surface area contributed by atoms with Gasteiger partial charge in [0, 0.05) is 32.0 Å². The van der Waals surface area contributed by atoms with Gasteiger partial charge < -0.3 is 0 Å². The van der Waals surface area contributed by atoms with Crippen molar-refractivity contribution in [3.05, 3.63) is 155 Å². The van der Waals surface area contributed by atoms with Crippen molar-refractivity contribution in [3.63, 3.8) is 0 Å². The molecule has 4 aromatic rings. The summed E-state index contributed by atoms with van der Waals surface area (Å²) in [5.41, 5.74) is 11.1. The summed E-state index contributed by atoms with van der Waals surface area (Å²) in [6.45, 7) is 0. The summed E-state index contributed by atoms with van der Waals surface area (Å²) >= 11 is 1.90. The van der Waals surface area contributed by atoms with Gasteiger partial charge in [0.15, 0.2) is 0 Å². The Morgan fingerprint density at radius 2 is 1.34 bits per heavy atom. The van der Waals surface area contributed by atoms with E-state index in [0.29, 0.717) is 11.8 Å². The maximum absolute atomic E-state index is 2.39. The van der Waals surface area contributed by atoms with Gasteiger partial charge in [0.1, 0.15) is 0 Å². The van der Waals surface area contributed by atoms with E-state index in [0.717, 1.165) is 0 Å². The summed E-state index contributed by atoms with van der Waals surface area (Å²) in [5.74, 6) is 0.729. The van der Waals surface area contributed by atoms with Gasteiger partial charge in [-0.1, -0.05) is 109 Å². The van der Waals surface area contributed by atoms with Gasteiger partial charge in [0.2, 0.25) is 0 Å². The van der Waals surface area contributed by atoms with Crippen LogP contribution in [0.3, 0.4) is 0 Å². The minimum Gasteiger partial charge on any atom is -0.135 e. The SMILES string of the molecule is C1=CC2=C(c3ccccc3)C=CC3=CC=C4C(c5cccc6sc7ccccc7c56)=CC=C1C4C32. The smallest absolute Gasteiger partial charge is 0.0361 e. The fraction of sp³-hybridized carbons (Fsp3) is 0.0588. The third kappa shape index (κ3) is 2.73. The van der Waals surface area contributed by atoms with Crippen molar-refractivity contribution >= 4 is 42.7 Å². The van der Waals surface area contributed by atoms with Crippen LogP contribution < -0.4 is 0 Å². The Bertz CT molecular complexity index is 1780. The van der Waals surface area contributed by atoms with Crippen molar-refractivity contribution in [2.75, 3.05) is 0 Å². The van der Waals surface area contributed by atoms with Crippen LogP contribution in [0, 0.1) is 11.8 Å². The van der Waals surface area contributed by atoms with Gasteiger partial charge in [0.25, 0.3) is 0 Å². The van der Waals surface area contributed by atoms with E-state index >= 15 is 0 Å². The Kier molecular flexibility index (Phi) is 4.03. The van der Waals surface area contributed by atoms with Crippen LogP contribution in [0.5, 0.6) is 0 Å². The van der Waals surface area contributed by atoms with E-state index in [-0.39, 0.29) is 0 Å². The first-order valence-electron chi connectivity index (χ1n) is 12.3.